The van der Waals surface area contributed by atoms with Crippen LogP contribution in [0, 0.1) is 6.92 Å². The van der Waals surface area contributed by atoms with Gasteiger partial charge in [0.1, 0.15) is 0 Å². The summed E-state index contributed by atoms with van der Waals surface area (Å²) in [6.07, 6.45) is -4.51. The predicted molar refractivity (Wildman–Crippen MR) is 77.2 cm³/mol. The maximum Gasteiger partial charge on any atom is 0.416 e. The number of methoxy groups -OCH3 is 1. The second kappa shape index (κ2) is 6.16. The van der Waals surface area contributed by atoms with E-state index in [1.807, 2.05) is 11.8 Å². The first-order valence-electron chi connectivity index (χ1n) is 7.07. The minimum absolute atomic E-state index is 0.0435. The van der Waals surface area contributed by atoms with Gasteiger partial charge in [-0.3, -0.25) is 0 Å². The topological polar surface area (TPSA) is 41.6 Å². The van der Waals surface area contributed by atoms with Crippen molar-refractivity contribution in [3.8, 4) is 0 Å². The average Bonchev–Trinajstić information content (AvgIpc) is 2.41. The highest BCUT2D eigenvalue weighted by molar-refractivity contribution is 5.93. The molecule has 0 spiro atoms. The van der Waals surface area contributed by atoms with E-state index in [9.17, 15) is 18.0 Å². The molecule has 1 N–H and O–H groups in total. The normalized spacial score (nSPS) is 15.4. The van der Waals surface area contributed by atoms with Gasteiger partial charge in [0.15, 0.2) is 0 Å². The van der Waals surface area contributed by atoms with E-state index < -0.39 is 17.7 Å². The summed E-state index contributed by atoms with van der Waals surface area (Å²) in [4.78, 5) is 13.7. The van der Waals surface area contributed by atoms with E-state index in [2.05, 4.69) is 10.1 Å². The van der Waals surface area contributed by atoms with Crippen molar-refractivity contribution in [1.82, 2.24) is 5.32 Å². The molecule has 22 heavy (non-hydrogen) atoms. The Hall–Kier alpha value is -1.76. The number of likely N-dealkylation sites (N-methyl/N-ethyl adjacent to an activating group) is 1. The molecule has 1 fully saturated rings. The van der Waals surface area contributed by atoms with Crippen LogP contribution < -0.4 is 10.2 Å². The van der Waals surface area contributed by atoms with E-state index in [1.54, 1.807) is 6.92 Å². The van der Waals surface area contributed by atoms with Crippen LogP contribution in [0.4, 0.5) is 18.9 Å². The molecule has 1 saturated heterocycles. The maximum atomic E-state index is 13.1. The summed E-state index contributed by atoms with van der Waals surface area (Å²) in [5.41, 5.74) is 0.0649. The largest absolute Gasteiger partial charge is 0.465 e. The summed E-state index contributed by atoms with van der Waals surface area (Å²) >= 11 is 0. The predicted octanol–water partition coefficient (Wildman–Crippen LogP) is 2.60. The number of nitrogens with zero attached hydrogens (tertiary/aromatic N) is 1. The third-order valence-electron chi connectivity index (χ3n) is 3.96. The minimum atomic E-state index is -4.51. The molecule has 1 aliphatic rings. The van der Waals surface area contributed by atoms with E-state index in [0.717, 1.165) is 32.3 Å². The lowest BCUT2D eigenvalue weighted by Crippen LogP contribution is -2.57. The fourth-order valence-electron chi connectivity index (χ4n) is 2.60. The van der Waals surface area contributed by atoms with E-state index in [0.29, 0.717) is 17.8 Å². The van der Waals surface area contributed by atoms with Crippen LogP contribution in [0.25, 0.3) is 0 Å². The molecule has 2 rings (SSSR count). The number of alkyl halides is 3. The Balaban J connectivity index is 2.57. The fourth-order valence-corrected chi connectivity index (χ4v) is 2.60. The Morgan fingerprint density at radius 1 is 1.41 bits per heavy atom. The van der Waals surface area contributed by atoms with E-state index in [4.69, 9.17) is 0 Å². The number of halogens is 3. The van der Waals surface area contributed by atoms with Crippen LogP contribution in [0.15, 0.2) is 12.1 Å². The van der Waals surface area contributed by atoms with Crippen LogP contribution in [0.2, 0.25) is 0 Å². The molecule has 1 aromatic carbocycles. The number of benzene rings is 1. The first kappa shape index (κ1) is 16.6. The van der Waals surface area contributed by atoms with Gasteiger partial charge in [-0.15, -0.1) is 0 Å². The van der Waals surface area contributed by atoms with Crippen molar-refractivity contribution in [2.45, 2.75) is 26.1 Å². The Kier molecular flexibility index (Phi) is 4.65. The Labute approximate surface area is 127 Å². The van der Waals surface area contributed by atoms with E-state index in [1.165, 1.54) is 0 Å². The van der Waals surface area contributed by atoms with Gasteiger partial charge in [0, 0.05) is 25.3 Å². The highest BCUT2D eigenvalue weighted by Crippen LogP contribution is 2.36. The highest BCUT2D eigenvalue weighted by atomic mass is 19.4. The first-order valence-corrected chi connectivity index (χ1v) is 7.07. The number of carbonyl (C=O) groups excluding carboxylic acids is 1. The average molecular weight is 316 g/mol. The number of hydrogen-bond acceptors (Lipinski definition) is 4. The van der Waals surface area contributed by atoms with Gasteiger partial charge in [-0.25, -0.2) is 4.79 Å². The van der Waals surface area contributed by atoms with Crippen molar-refractivity contribution >= 4 is 11.7 Å². The summed E-state index contributed by atoms with van der Waals surface area (Å²) in [5.74, 6) is -0.757. The van der Waals surface area contributed by atoms with Gasteiger partial charge in [-0.1, -0.05) is 0 Å². The van der Waals surface area contributed by atoms with Crippen LogP contribution in [-0.2, 0) is 10.9 Å². The first-order chi connectivity index (χ1) is 10.3. The zero-order valence-electron chi connectivity index (χ0n) is 12.8. The summed E-state index contributed by atoms with van der Waals surface area (Å²) in [6, 6.07) is 2.11. The third kappa shape index (κ3) is 3.04. The van der Waals surface area contributed by atoms with Crippen LogP contribution in [0.3, 0.4) is 0 Å². The quantitative estimate of drug-likeness (QED) is 0.867. The maximum absolute atomic E-state index is 13.1. The number of esters is 1. The molecular formula is C15H19F3N2O2. The van der Waals surface area contributed by atoms with Crippen molar-refractivity contribution in [1.29, 1.82) is 0 Å². The standard InChI is InChI=1S/C15H19F3N2O2/c1-4-20(11-7-19-8-11)13-6-10(15(16,17)18)5-12(9(13)2)14(21)22-3/h5-6,11,19H,4,7-8H2,1-3H3. The summed E-state index contributed by atoms with van der Waals surface area (Å²) < 4.78 is 44.0. The van der Waals surface area contributed by atoms with Gasteiger partial charge in [-0.2, -0.15) is 13.2 Å². The van der Waals surface area contributed by atoms with Crippen molar-refractivity contribution in [2.75, 3.05) is 31.6 Å². The smallest absolute Gasteiger partial charge is 0.416 e. The Morgan fingerprint density at radius 2 is 2.05 bits per heavy atom. The molecule has 0 bridgehead atoms. The molecule has 0 radical (unpaired) electrons. The molecule has 1 aliphatic heterocycles. The minimum Gasteiger partial charge on any atom is -0.465 e. The zero-order valence-corrected chi connectivity index (χ0v) is 12.8. The zero-order chi connectivity index (χ0) is 16.5. The molecule has 0 aliphatic carbocycles. The van der Waals surface area contributed by atoms with Gasteiger partial charge >= 0.3 is 12.1 Å². The molecule has 0 aromatic heterocycles. The van der Waals surface area contributed by atoms with Gasteiger partial charge in [0.2, 0.25) is 0 Å². The van der Waals surface area contributed by atoms with Crippen LogP contribution in [0.1, 0.15) is 28.4 Å². The monoisotopic (exact) mass is 316 g/mol. The molecule has 0 amide bonds. The van der Waals surface area contributed by atoms with Crippen molar-refractivity contribution < 1.29 is 22.7 Å². The number of nitrogens with one attached hydrogen (secondary N) is 1. The molecule has 1 aromatic rings. The van der Waals surface area contributed by atoms with Crippen molar-refractivity contribution in [3.05, 3.63) is 28.8 Å². The fraction of sp³-hybridized carbons (Fsp3) is 0.533. The molecular weight excluding hydrogens is 297 g/mol. The Bertz CT molecular complexity index is 569. The van der Waals surface area contributed by atoms with Gasteiger partial charge in [0.25, 0.3) is 0 Å². The molecule has 7 heteroatoms. The molecule has 0 unspecified atom stereocenters. The van der Waals surface area contributed by atoms with Gasteiger partial charge in [-0.05, 0) is 31.5 Å². The highest BCUT2D eigenvalue weighted by Gasteiger charge is 2.34. The Morgan fingerprint density at radius 3 is 2.45 bits per heavy atom. The lowest BCUT2D eigenvalue weighted by Gasteiger charge is -2.40. The molecule has 4 nitrogen and oxygen atoms in total. The molecule has 1 heterocycles. The second-order valence-electron chi connectivity index (χ2n) is 5.26. The van der Waals surface area contributed by atoms with Crippen molar-refractivity contribution in [2.24, 2.45) is 0 Å². The lowest BCUT2D eigenvalue weighted by molar-refractivity contribution is -0.137. The summed E-state index contributed by atoms with van der Waals surface area (Å²) in [7, 11) is 1.16. The van der Waals surface area contributed by atoms with Crippen LogP contribution in [-0.4, -0.2) is 38.8 Å². The lowest BCUT2D eigenvalue weighted by atomic mass is 9.99. The summed E-state index contributed by atoms with van der Waals surface area (Å²) in [5, 5.41) is 3.10. The second-order valence-corrected chi connectivity index (χ2v) is 5.26. The van der Waals surface area contributed by atoms with E-state index >= 15 is 0 Å². The van der Waals surface area contributed by atoms with Gasteiger partial charge < -0.3 is 15.0 Å². The van der Waals surface area contributed by atoms with Crippen LogP contribution >= 0.6 is 0 Å². The molecule has 0 atom stereocenters. The van der Waals surface area contributed by atoms with Crippen LogP contribution in [0.5, 0.6) is 0 Å². The molecule has 0 saturated carbocycles. The van der Waals surface area contributed by atoms with E-state index in [-0.39, 0.29) is 11.6 Å². The molecule has 122 valence electrons. The van der Waals surface area contributed by atoms with Crippen molar-refractivity contribution in [3.63, 3.8) is 0 Å². The number of carbonyl (C=O) groups is 1. The SMILES string of the molecule is CCN(c1cc(C(F)(F)F)cc(C(=O)OC)c1C)C1CNC1. The number of ether oxygens (including phenoxy) is 1. The number of hydrogen-bond donors (Lipinski definition) is 1. The number of anilines is 1. The van der Waals surface area contributed by atoms with Gasteiger partial charge in [0.05, 0.1) is 24.3 Å². The third-order valence-corrected chi connectivity index (χ3v) is 3.96. The number of rotatable bonds is 4. The summed E-state index contributed by atoms with van der Waals surface area (Å²) in [6.45, 7) is 5.54.